The monoisotopic (exact) mass is 266 g/mol. The summed E-state index contributed by atoms with van der Waals surface area (Å²) in [6, 6.07) is 5.44. The Kier molecular flexibility index (Phi) is 3.55. The lowest BCUT2D eigenvalue weighted by molar-refractivity contribution is 0.112. The molecule has 2 aromatic carbocycles. The molecule has 0 aliphatic rings. The third-order valence-electron chi connectivity index (χ3n) is 2.51. The van der Waals surface area contributed by atoms with Crippen LogP contribution in [0.3, 0.4) is 0 Å². The van der Waals surface area contributed by atoms with Crippen molar-refractivity contribution in [1.29, 1.82) is 0 Å². The molecule has 0 N–H and O–H groups in total. The molecule has 0 aromatic heterocycles. The van der Waals surface area contributed by atoms with Crippen LogP contribution in [0.15, 0.2) is 30.3 Å². The summed E-state index contributed by atoms with van der Waals surface area (Å²) in [6.45, 7) is 1.50. The molecule has 5 heteroatoms. The highest BCUT2D eigenvalue weighted by atomic mass is 19.1. The summed E-state index contributed by atoms with van der Waals surface area (Å²) in [5, 5.41) is 0. The van der Waals surface area contributed by atoms with Crippen LogP contribution in [-0.2, 0) is 0 Å². The third-order valence-corrected chi connectivity index (χ3v) is 2.51. The maximum Gasteiger partial charge on any atom is 0.198 e. The minimum Gasteiger partial charge on any atom is -0.451 e. The first kappa shape index (κ1) is 13.1. The molecule has 0 unspecified atom stereocenters. The smallest absolute Gasteiger partial charge is 0.198 e. The highest BCUT2D eigenvalue weighted by Gasteiger charge is 2.14. The molecule has 0 fully saturated rings. The summed E-state index contributed by atoms with van der Waals surface area (Å²) in [4.78, 5) is 10.4. The van der Waals surface area contributed by atoms with E-state index in [0.717, 1.165) is 18.2 Å². The largest absolute Gasteiger partial charge is 0.451 e. The highest BCUT2D eigenvalue weighted by Crippen LogP contribution is 2.29. The van der Waals surface area contributed by atoms with E-state index in [1.54, 1.807) is 0 Å². The van der Waals surface area contributed by atoms with Gasteiger partial charge in [-0.1, -0.05) is 0 Å². The van der Waals surface area contributed by atoms with Gasteiger partial charge < -0.3 is 4.74 Å². The van der Waals surface area contributed by atoms with E-state index in [1.165, 1.54) is 19.1 Å². The van der Waals surface area contributed by atoms with Crippen LogP contribution in [0.2, 0.25) is 0 Å². The first-order chi connectivity index (χ1) is 9.01. The lowest BCUT2D eigenvalue weighted by atomic mass is 10.2. The molecule has 19 heavy (non-hydrogen) atoms. The van der Waals surface area contributed by atoms with Crippen molar-refractivity contribution in [3.8, 4) is 11.5 Å². The van der Waals surface area contributed by atoms with Crippen LogP contribution in [-0.4, -0.2) is 6.29 Å². The summed E-state index contributed by atoms with van der Waals surface area (Å²) in [6.07, 6.45) is 0.331. The second-order valence-electron chi connectivity index (χ2n) is 3.94. The molecule has 2 aromatic rings. The molecule has 2 rings (SSSR count). The molecule has 0 saturated heterocycles. The van der Waals surface area contributed by atoms with Crippen LogP contribution in [0.1, 0.15) is 15.9 Å². The Morgan fingerprint density at radius 1 is 1.00 bits per heavy atom. The van der Waals surface area contributed by atoms with Crippen LogP contribution in [0.25, 0.3) is 0 Å². The van der Waals surface area contributed by atoms with Gasteiger partial charge in [0.1, 0.15) is 17.9 Å². The summed E-state index contributed by atoms with van der Waals surface area (Å²) < 4.78 is 45.2. The number of hydrogen-bond acceptors (Lipinski definition) is 2. The minimum absolute atomic E-state index is 0.107. The van der Waals surface area contributed by atoms with Gasteiger partial charge in [0.2, 0.25) is 0 Å². The molecule has 0 bridgehead atoms. The van der Waals surface area contributed by atoms with Crippen LogP contribution in [0.4, 0.5) is 13.2 Å². The lowest BCUT2D eigenvalue weighted by Crippen LogP contribution is -1.96. The van der Waals surface area contributed by atoms with Crippen molar-refractivity contribution in [2.45, 2.75) is 6.92 Å². The van der Waals surface area contributed by atoms with E-state index < -0.39 is 23.2 Å². The van der Waals surface area contributed by atoms with Crippen LogP contribution < -0.4 is 4.74 Å². The van der Waals surface area contributed by atoms with E-state index in [4.69, 9.17) is 4.74 Å². The number of aldehydes is 1. The predicted molar refractivity (Wildman–Crippen MR) is 63.0 cm³/mol. The average molecular weight is 266 g/mol. The normalized spacial score (nSPS) is 10.3. The Hall–Kier alpha value is -2.30. The summed E-state index contributed by atoms with van der Waals surface area (Å²) >= 11 is 0. The van der Waals surface area contributed by atoms with Gasteiger partial charge in [-0.15, -0.1) is 0 Å². The van der Waals surface area contributed by atoms with Gasteiger partial charge in [-0.25, -0.2) is 13.2 Å². The number of carbonyl (C=O) groups excluding carboxylic acids is 1. The summed E-state index contributed by atoms with van der Waals surface area (Å²) in [5.41, 5.74) is 0.167. The van der Waals surface area contributed by atoms with Crippen molar-refractivity contribution >= 4 is 6.29 Å². The van der Waals surface area contributed by atoms with Gasteiger partial charge in [-0.05, 0) is 42.8 Å². The van der Waals surface area contributed by atoms with Crippen molar-refractivity contribution in [3.05, 3.63) is 58.9 Å². The Bertz CT molecular complexity index is 616. The zero-order valence-electron chi connectivity index (χ0n) is 9.91. The molecular weight excluding hydrogens is 257 g/mol. The van der Waals surface area contributed by atoms with E-state index >= 15 is 0 Å². The van der Waals surface area contributed by atoms with E-state index in [2.05, 4.69) is 0 Å². The fourth-order valence-electron chi connectivity index (χ4n) is 1.54. The maximum atomic E-state index is 13.6. The average Bonchev–Trinajstić information content (AvgIpc) is 2.37. The Labute approximate surface area is 107 Å². The highest BCUT2D eigenvalue weighted by molar-refractivity contribution is 5.75. The van der Waals surface area contributed by atoms with Gasteiger partial charge in [0.05, 0.1) is 0 Å². The number of hydrogen-bond donors (Lipinski definition) is 0. The third kappa shape index (κ3) is 2.76. The zero-order valence-corrected chi connectivity index (χ0v) is 9.91. The standard InChI is InChI=1S/C14H9F3O2/c1-8-4-10(2-3-11(8)15)19-14-12(16)5-9(7-18)6-13(14)17/h2-7H,1H3. The fourth-order valence-corrected chi connectivity index (χ4v) is 1.54. The van der Waals surface area contributed by atoms with Gasteiger partial charge in [-0.2, -0.15) is 0 Å². The number of halogens is 3. The molecule has 0 aliphatic carbocycles. The Balaban J connectivity index is 2.38. The molecule has 0 amide bonds. The second-order valence-corrected chi connectivity index (χ2v) is 3.94. The summed E-state index contributed by atoms with van der Waals surface area (Å²) in [5.74, 6) is -2.95. The van der Waals surface area contributed by atoms with Gasteiger partial charge in [0.25, 0.3) is 0 Å². The summed E-state index contributed by atoms with van der Waals surface area (Å²) in [7, 11) is 0. The number of rotatable bonds is 3. The van der Waals surface area contributed by atoms with Gasteiger partial charge in [-0.3, -0.25) is 4.79 Å². The quantitative estimate of drug-likeness (QED) is 0.784. The van der Waals surface area contributed by atoms with Crippen molar-refractivity contribution < 1.29 is 22.7 Å². The van der Waals surface area contributed by atoms with Gasteiger partial charge in [0, 0.05) is 5.56 Å². The number of aryl methyl sites for hydroxylation is 1. The molecule has 0 atom stereocenters. The van der Waals surface area contributed by atoms with Crippen molar-refractivity contribution in [2.24, 2.45) is 0 Å². The SMILES string of the molecule is Cc1cc(Oc2c(F)cc(C=O)cc2F)ccc1F. The van der Waals surface area contributed by atoms with Gasteiger partial charge >= 0.3 is 0 Å². The fraction of sp³-hybridized carbons (Fsp3) is 0.0714. The molecule has 0 aliphatic heterocycles. The van der Waals surface area contributed by atoms with Crippen LogP contribution >= 0.6 is 0 Å². The molecular formula is C14H9F3O2. The Morgan fingerprint density at radius 2 is 1.63 bits per heavy atom. The topological polar surface area (TPSA) is 26.3 Å². The predicted octanol–water partition coefficient (Wildman–Crippen LogP) is 4.02. The van der Waals surface area contributed by atoms with E-state index in [9.17, 15) is 18.0 Å². The first-order valence-corrected chi connectivity index (χ1v) is 5.39. The lowest BCUT2D eigenvalue weighted by Gasteiger charge is -2.09. The number of benzene rings is 2. The molecule has 0 heterocycles. The molecule has 0 radical (unpaired) electrons. The van der Waals surface area contributed by atoms with Crippen LogP contribution in [0, 0.1) is 24.4 Å². The zero-order chi connectivity index (χ0) is 14.0. The minimum atomic E-state index is -0.996. The molecule has 2 nitrogen and oxygen atoms in total. The number of carbonyl (C=O) groups is 1. The van der Waals surface area contributed by atoms with E-state index in [-0.39, 0.29) is 11.3 Å². The van der Waals surface area contributed by atoms with E-state index in [1.807, 2.05) is 0 Å². The van der Waals surface area contributed by atoms with Crippen molar-refractivity contribution in [3.63, 3.8) is 0 Å². The Morgan fingerprint density at radius 3 is 2.16 bits per heavy atom. The molecule has 0 saturated carbocycles. The van der Waals surface area contributed by atoms with Crippen LogP contribution in [0.5, 0.6) is 11.5 Å². The second kappa shape index (κ2) is 5.14. The molecule has 0 spiro atoms. The van der Waals surface area contributed by atoms with Crippen molar-refractivity contribution in [2.75, 3.05) is 0 Å². The van der Waals surface area contributed by atoms with E-state index in [0.29, 0.717) is 11.8 Å². The molecule has 98 valence electrons. The first-order valence-electron chi connectivity index (χ1n) is 5.39. The maximum absolute atomic E-state index is 13.6. The van der Waals surface area contributed by atoms with Gasteiger partial charge in [0.15, 0.2) is 17.4 Å². The number of ether oxygens (including phenoxy) is 1. The van der Waals surface area contributed by atoms with Crippen molar-refractivity contribution in [1.82, 2.24) is 0 Å².